The number of carbonyl (C=O) groups excluding carboxylic acids is 1. The van der Waals surface area contributed by atoms with E-state index in [0.717, 1.165) is 18.6 Å². The van der Waals surface area contributed by atoms with Crippen LogP contribution in [0.15, 0.2) is 30.3 Å². The Morgan fingerprint density at radius 2 is 2.06 bits per heavy atom. The van der Waals surface area contributed by atoms with Crippen LogP contribution in [0.25, 0.3) is 0 Å². The van der Waals surface area contributed by atoms with Gasteiger partial charge in [0.05, 0.1) is 7.11 Å². The molecule has 0 heterocycles. The van der Waals surface area contributed by atoms with Crippen molar-refractivity contribution in [2.75, 3.05) is 18.6 Å². The van der Waals surface area contributed by atoms with Crippen molar-refractivity contribution in [1.82, 2.24) is 0 Å². The lowest BCUT2D eigenvalue weighted by molar-refractivity contribution is -0.141. The minimum Gasteiger partial charge on any atom is -0.468 e. The van der Waals surface area contributed by atoms with Gasteiger partial charge >= 0.3 is 5.97 Å². The lowest BCUT2D eigenvalue weighted by atomic mass is 10.1. The zero-order chi connectivity index (χ0) is 12.5. The van der Waals surface area contributed by atoms with Gasteiger partial charge in [0.15, 0.2) is 0 Å². The largest absolute Gasteiger partial charge is 0.468 e. The molecule has 0 unspecified atom stereocenters. The molecule has 0 aliphatic rings. The van der Waals surface area contributed by atoms with Gasteiger partial charge in [0.2, 0.25) is 0 Å². The molecule has 5 heteroatoms. The molecule has 0 spiro atoms. The number of hydrogen-bond acceptors (Lipinski definition) is 4. The number of halogens is 1. The number of benzene rings is 1. The van der Waals surface area contributed by atoms with Crippen LogP contribution in [0.5, 0.6) is 0 Å². The molecule has 0 bridgehead atoms. The Morgan fingerprint density at radius 1 is 1.39 bits per heavy atom. The molecule has 1 rings (SSSR count). The van der Waals surface area contributed by atoms with Crippen molar-refractivity contribution in [1.29, 1.82) is 0 Å². The summed E-state index contributed by atoms with van der Waals surface area (Å²) in [5.74, 6) is 1.31. The predicted octanol–water partition coefficient (Wildman–Crippen LogP) is 2.27. The van der Waals surface area contributed by atoms with Crippen LogP contribution in [0.4, 0.5) is 0 Å². The molecule has 0 saturated carbocycles. The Hall–Kier alpha value is -0.710. The SMILES string of the molecule is COC(=O)[C@@H](N)CSCCCc1ccccc1.Cl. The summed E-state index contributed by atoms with van der Waals surface area (Å²) in [6.45, 7) is 0. The summed E-state index contributed by atoms with van der Waals surface area (Å²) in [6.07, 6.45) is 2.17. The van der Waals surface area contributed by atoms with Gasteiger partial charge in [-0.2, -0.15) is 11.8 Å². The summed E-state index contributed by atoms with van der Waals surface area (Å²) >= 11 is 1.70. The monoisotopic (exact) mass is 289 g/mol. The van der Waals surface area contributed by atoms with Crippen LogP contribution >= 0.6 is 24.2 Å². The van der Waals surface area contributed by atoms with E-state index < -0.39 is 6.04 Å². The third-order valence-electron chi connectivity index (χ3n) is 2.40. The zero-order valence-corrected chi connectivity index (χ0v) is 12.1. The van der Waals surface area contributed by atoms with Gasteiger partial charge in [0.1, 0.15) is 6.04 Å². The van der Waals surface area contributed by atoms with Crippen LogP contribution in [-0.4, -0.2) is 30.6 Å². The fraction of sp³-hybridized carbons (Fsp3) is 0.462. The van der Waals surface area contributed by atoms with Crippen molar-refractivity contribution in [2.45, 2.75) is 18.9 Å². The van der Waals surface area contributed by atoms with Crippen LogP contribution in [0.1, 0.15) is 12.0 Å². The quantitative estimate of drug-likeness (QED) is 0.618. The minimum atomic E-state index is -0.498. The average Bonchev–Trinajstić information content (AvgIpc) is 2.38. The van der Waals surface area contributed by atoms with Crippen LogP contribution in [0, 0.1) is 0 Å². The van der Waals surface area contributed by atoms with E-state index in [9.17, 15) is 4.79 Å². The molecule has 1 aromatic carbocycles. The number of esters is 1. The summed E-state index contributed by atoms with van der Waals surface area (Å²) in [5, 5.41) is 0. The van der Waals surface area contributed by atoms with E-state index in [1.165, 1.54) is 12.7 Å². The van der Waals surface area contributed by atoms with E-state index in [0.29, 0.717) is 5.75 Å². The molecule has 0 saturated heterocycles. The Labute approximate surface area is 119 Å². The number of rotatable bonds is 7. The second-order valence-electron chi connectivity index (χ2n) is 3.79. The minimum absolute atomic E-state index is 0. The Balaban J connectivity index is 0.00000289. The molecule has 0 fully saturated rings. The first-order valence-electron chi connectivity index (χ1n) is 5.69. The standard InChI is InChI=1S/C13H19NO2S.ClH/c1-16-13(15)12(14)10-17-9-5-8-11-6-3-2-4-7-11;/h2-4,6-7,12H,5,8-10,14H2,1H3;1H/t12-;/m0./s1. The van der Waals surface area contributed by atoms with Crippen molar-refractivity contribution in [3.05, 3.63) is 35.9 Å². The smallest absolute Gasteiger partial charge is 0.323 e. The lowest BCUT2D eigenvalue weighted by Gasteiger charge is -2.08. The van der Waals surface area contributed by atoms with E-state index in [4.69, 9.17) is 5.73 Å². The fourth-order valence-corrected chi connectivity index (χ4v) is 2.36. The van der Waals surface area contributed by atoms with Crippen molar-refractivity contribution in [2.24, 2.45) is 5.73 Å². The van der Waals surface area contributed by atoms with Gasteiger partial charge in [0, 0.05) is 5.75 Å². The lowest BCUT2D eigenvalue weighted by Crippen LogP contribution is -2.33. The average molecular weight is 290 g/mol. The number of carbonyl (C=O) groups is 1. The van der Waals surface area contributed by atoms with E-state index in [-0.39, 0.29) is 18.4 Å². The molecule has 3 nitrogen and oxygen atoms in total. The molecule has 0 amide bonds. The number of aryl methyl sites for hydroxylation is 1. The second-order valence-corrected chi connectivity index (χ2v) is 4.94. The van der Waals surface area contributed by atoms with Gasteiger partial charge in [0.25, 0.3) is 0 Å². The number of methoxy groups -OCH3 is 1. The Morgan fingerprint density at radius 3 is 2.67 bits per heavy atom. The number of nitrogens with two attached hydrogens (primary N) is 1. The molecule has 1 aromatic rings. The van der Waals surface area contributed by atoms with Crippen LogP contribution in [0.3, 0.4) is 0 Å². The maximum Gasteiger partial charge on any atom is 0.323 e. The molecule has 0 radical (unpaired) electrons. The maximum absolute atomic E-state index is 11.0. The van der Waals surface area contributed by atoms with Gasteiger partial charge in [-0.05, 0) is 24.2 Å². The van der Waals surface area contributed by atoms with Gasteiger partial charge < -0.3 is 10.5 Å². The summed E-state index contributed by atoms with van der Waals surface area (Å²) < 4.78 is 4.56. The zero-order valence-electron chi connectivity index (χ0n) is 10.5. The highest BCUT2D eigenvalue weighted by Crippen LogP contribution is 2.09. The summed E-state index contributed by atoms with van der Waals surface area (Å²) in [4.78, 5) is 11.0. The molecular weight excluding hydrogens is 270 g/mol. The highest BCUT2D eigenvalue weighted by molar-refractivity contribution is 7.99. The van der Waals surface area contributed by atoms with Gasteiger partial charge in [-0.25, -0.2) is 0 Å². The fourth-order valence-electron chi connectivity index (χ4n) is 1.45. The topological polar surface area (TPSA) is 52.3 Å². The third-order valence-corrected chi connectivity index (χ3v) is 3.57. The summed E-state index contributed by atoms with van der Waals surface area (Å²) in [5.41, 5.74) is 6.98. The Kier molecular flexibility index (Phi) is 9.83. The summed E-state index contributed by atoms with van der Waals surface area (Å²) in [6, 6.07) is 9.89. The van der Waals surface area contributed by atoms with Crippen molar-refractivity contribution < 1.29 is 9.53 Å². The molecule has 2 N–H and O–H groups in total. The predicted molar refractivity (Wildman–Crippen MR) is 79.3 cm³/mol. The van der Waals surface area contributed by atoms with Gasteiger partial charge in [-0.15, -0.1) is 12.4 Å². The molecule has 102 valence electrons. The van der Waals surface area contributed by atoms with Crippen molar-refractivity contribution in [3.8, 4) is 0 Å². The second kappa shape index (κ2) is 10.2. The van der Waals surface area contributed by atoms with Crippen LogP contribution in [0.2, 0.25) is 0 Å². The van der Waals surface area contributed by atoms with E-state index >= 15 is 0 Å². The molecule has 0 aliphatic heterocycles. The normalized spacial score (nSPS) is 11.4. The first-order valence-corrected chi connectivity index (χ1v) is 6.84. The van der Waals surface area contributed by atoms with Gasteiger partial charge in [-0.3, -0.25) is 4.79 Å². The number of thioether (sulfide) groups is 1. The van der Waals surface area contributed by atoms with E-state index in [2.05, 4.69) is 29.0 Å². The van der Waals surface area contributed by atoms with Crippen molar-refractivity contribution in [3.63, 3.8) is 0 Å². The number of hydrogen-bond donors (Lipinski definition) is 1. The van der Waals surface area contributed by atoms with E-state index in [1.54, 1.807) is 11.8 Å². The molecule has 1 atom stereocenters. The third kappa shape index (κ3) is 6.89. The van der Waals surface area contributed by atoms with Crippen LogP contribution < -0.4 is 5.73 Å². The highest BCUT2D eigenvalue weighted by atomic mass is 35.5. The van der Waals surface area contributed by atoms with Crippen LogP contribution in [-0.2, 0) is 16.0 Å². The van der Waals surface area contributed by atoms with Gasteiger partial charge in [-0.1, -0.05) is 30.3 Å². The molecule has 0 aliphatic carbocycles. The first-order chi connectivity index (χ1) is 8.24. The Bertz CT molecular complexity index is 335. The summed E-state index contributed by atoms with van der Waals surface area (Å²) in [7, 11) is 1.36. The van der Waals surface area contributed by atoms with E-state index in [1.807, 2.05) is 6.07 Å². The number of ether oxygens (including phenoxy) is 1. The first kappa shape index (κ1) is 17.3. The van der Waals surface area contributed by atoms with Crippen molar-refractivity contribution >= 4 is 30.1 Å². The molecule has 18 heavy (non-hydrogen) atoms. The molecular formula is C13H20ClNO2S. The molecule has 0 aromatic heterocycles. The maximum atomic E-state index is 11.0. The highest BCUT2D eigenvalue weighted by Gasteiger charge is 2.12.